The molecule has 2 heterocycles. The smallest absolute Gasteiger partial charge is 0.340 e. The third kappa shape index (κ3) is 1.64. The van der Waals surface area contributed by atoms with E-state index >= 15 is 0 Å². The molecule has 1 aliphatic heterocycles. The highest BCUT2D eigenvalue weighted by Crippen LogP contribution is 2.43. The maximum absolute atomic E-state index is 11.8. The van der Waals surface area contributed by atoms with Crippen molar-refractivity contribution in [2.45, 2.75) is 10.3 Å². The molecule has 2 nitrogen and oxygen atoms in total. The molecule has 0 amide bonds. The molecular formula is C12H8O2S2. The normalized spacial score (nSPS) is 19.0. The number of benzene rings is 1. The number of esters is 1. The van der Waals surface area contributed by atoms with Crippen LogP contribution >= 0.6 is 23.1 Å². The number of cyclic esters (lactones) is 1. The van der Waals surface area contributed by atoms with Crippen LogP contribution in [0.4, 0.5) is 0 Å². The largest absolute Gasteiger partial charge is 0.441 e. The Kier molecular flexibility index (Phi) is 2.46. The van der Waals surface area contributed by atoms with Gasteiger partial charge in [0.15, 0.2) is 5.44 Å². The van der Waals surface area contributed by atoms with Crippen molar-refractivity contribution in [3.63, 3.8) is 0 Å². The Morgan fingerprint density at radius 1 is 1.12 bits per heavy atom. The number of hydrogen-bond donors (Lipinski definition) is 0. The number of carbonyl (C=O) groups is 1. The van der Waals surface area contributed by atoms with Crippen LogP contribution in [0, 0.1) is 0 Å². The van der Waals surface area contributed by atoms with Crippen molar-refractivity contribution in [2.75, 3.05) is 0 Å². The van der Waals surface area contributed by atoms with E-state index in [1.54, 1.807) is 29.2 Å². The third-order valence-corrected chi connectivity index (χ3v) is 4.57. The monoisotopic (exact) mass is 248 g/mol. The zero-order valence-electron chi connectivity index (χ0n) is 8.25. The second-order valence-corrected chi connectivity index (χ2v) is 5.45. The van der Waals surface area contributed by atoms with E-state index in [0.717, 1.165) is 9.77 Å². The van der Waals surface area contributed by atoms with Crippen LogP contribution in [-0.4, -0.2) is 5.97 Å². The van der Waals surface area contributed by atoms with Gasteiger partial charge in [0, 0.05) is 4.90 Å². The summed E-state index contributed by atoms with van der Waals surface area (Å²) in [7, 11) is 0. The summed E-state index contributed by atoms with van der Waals surface area (Å²) in [4.78, 5) is 13.8. The molecule has 0 radical (unpaired) electrons. The number of thioether (sulfide) groups is 1. The Bertz CT molecular complexity index is 520. The Labute approximate surface area is 101 Å². The quantitative estimate of drug-likeness (QED) is 0.720. The van der Waals surface area contributed by atoms with Gasteiger partial charge in [0.05, 0.1) is 10.4 Å². The van der Waals surface area contributed by atoms with Crippen LogP contribution in [0.5, 0.6) is 0 Å². The van der Waals surface area contributed by atoms with E-state index in [9.17, 15) is 4.79 Å². The van der Waals surface area contributed by atoms with Gasteiger partial charge in [0.2, 0.25) is 0 Å². The van der Waals surface area contributed by atoms with Gasteiger partial charge in [-0.3, -0.25) is 0 Å². The summed E-state index contributed by atoms with van der Waals surface area (Å²) in [6, 6.07) is 11.5. The minimum atomic E-state index is -0.229. The lowest BCUT2D eigenvalue weighted by atomic mass is 10.2. The van der Waals surface area contributed by atoms with E-state index in [4.69, 9.17) is 4.74 Å². The van der Waals surface area contributed by atoms with Crippen molar-refractivity contribution in [1.82, 2.24) is 0 Å². The zero-order chi connectivity index (χ0) is 11.0. The molecule has 0 bridgehead atoms. The number of fused-ring (bicyclic) bond motifs is 1. The number of thiophene rings is 1. The highest BCUT2D eigenvalue weighted by molar-refractivity contribution is 7.99. The summed E-state index contributed by atoms with van der Waals surface area (Å²) in [5.74, 6) is -0.229. The van der Waals surface area contributed by atoms with E-state index in [0.29, 0.717) is 5.56 Å². The molecule has 3 rings (SSSR count). The molecule has 0 unspecified atom stereocenters. The van der Waals surface area contributed by atoms with Gasteiger partial charge in [0.25, 0.3) is 0 Å². The maximum atomic E-state index is 11.8. The average molecular weight is 248 g/mol. The second-order valence-electron chi connectivity index (χ2n) is 3.37. The molecular weight excluding hydrogens is 240 g/mol. The van der Waals surface area contributed by atoms with Gasteiger partial charge in [-0.2, -0.15) is 0 Å². The molecule has 4 heteroatoms. The lowest BCUT2D eigenvalue weighted by Gasteiger charge is -2.22. The summed E-state index contributed by atoms with van der Waals surface area (Å²) in [5, 5.41) is 1.99. The minimum absolute atomic E-state index is 0.192. The van der Waals surface area contributed by atoms with E-state index < -0.39 is 0 Å². The maximum Gasteiger partial charge on any atom is 0.340 e. The third-order valence-electron chi connectivity index (χ3n) is 2.33. The first-order valence-electron chi connectivity index (χ1n) is 4.84. The summed E-state index contributed by atoms with van der Waals surface area (Å²) in [6.07, 6.45) is 0. The SMILES string of the molecule is O=C1O[C@@H](c2cccs2)Sc2ccccc21. The molecule has 0 N–H and O–H groups in total. The van der Waals surface area contributed by atoms with Crippen molar-refractivity contribution in [2.24, 2.45) is 0 Å². The van der Waals surface area contributed by atoms with Crippen LogP contribution in [0.1, 0.15) is 20.7 Å². The summed E-state index contributed by atoms with van der Waals surface area (Å²) in [6.45, 7) is 0. The van der Waals surface area contributed by atoms with Gasteiger partial charge in [-0.15, -0.1) is 11.3 Å². The molecule has 0 saturated heterocycles. The van der Waals surface area contributed by atoms with Crippen LogP contribution in [0.25, 0.3) is 0 Å². The number of hydrogen-bond acceptors (Lipinski definition) is 4. The molecule has 16 heavy (non-hydrogen) atoms. The lowest BCUT2D eigenvalue weighted by Crippen LogP contribution is -2.14. The molecule has 0 saturated carbocycles. The Morgan fingerprint density at radius 3 is 2.81 bits per heavy atom. The number of rotatable bonds is 1. The van der Waals surface area contributed by atoms with Gasteiger partial charge in [0.1, 0.15) is 0 Å². The molecule has 0 fully saturated rings. The van der Waals surface area contributed by atoms with E-state index in [1.807, 2.05) is 35.7 Å². The van der Waals surface area contributed by atoms with Crippen molar-refractivity contribution in [3.8, 4) is 0 Å². The van der Waals surface area contributed by atoms with Gasteiger partial charge >= 0.3 is 5.97 Å². The fourth-order valence-electron chi connectivity index (χ4n) is 1.58. The van der Waals surface area contributed by atoms with E-state index in [2.05, 4.69) is 0 Å². The van der Waals surface area contributed by atoms with Crippen molar-refractivity contribution < 1.29 is 9.53 Å². The highest BCUT2D eigenvalue weighted by atomic mass is 32.2. The topological polar surface area (TPSA) is 26.3 Å². The van der Waals surface area contributed by atoms with E-state index in [1.165, 1.54) is 0 Å². The molecule has 1 atom stereocenters. The first-order chi connectivity index (χ1) is 7.84. The zero-order valence-corrected chi connectivity index (χ0v) is 9.88. The molecule has 0 aliphatic carbocycles. The predicted octanol–water partition coefficient (Wildman–Crippen LogP) is 3.71. The Morgan fingerprint density at radius 2 is 2.00 bits per heavy atom. The van der Waals surface area contributed by atoms with Gasteiger partial charge < -0.3 is 4.74 Å². The van der Waals surface area contributed by atoms with Crippen LogP contribution in [0.3, 0.4) is 0 Å². The van der Waals surface area contributed by atoms with Crippen LogP contribution < -0.4 is 0 Å². The molecule has 0 spiro atoms. The lowest BCUT2D eigenvalue weighted by molar-refractivity contribution is 0.0444. The summed E-state index contributed by atoms with van der Waals surface area (Å²) < 4.78 is 5.39. The molecule has 1 aliphatic rings. The average Bonchev–Trinajstić information content (AvgIpc) is 2.82. The fourth-order valence-corrected chi connectivity index (χ4v) is 3.52. The van der Waals surface area contributed by atoms with E-state index in [-0.39, 0.29) is 11.4 Å². The second kappa shape index (κ2) is 3.96. The van der Waals surface area contributed by atoms with Crippen LogP contribution in [0.2, 0.25) is 0 Å². The van der Waals surface area contributed by atoms with Gasteiger partial charge in [-0.1, -0.05) is 30.0 Å². The van der Waals surface area contributed by atoms with Gasteiger partial charge in [-0.25, -0.2) is 4.79 Å². The fraction of sp³-hybridized carbons (Fsp3) is 0.0833. The van der Waals surface area contributed by atoms with Crippen molar-refractivity contribution in [3.05, 3.63) is 52.2 Å². The first kappa shape index (κ1) is 9.93. The molecule has 2 aromatic rings. The summed E-state index contributed by atoms with van der Waals surface area (Å²) >= 11 is 3.19. The minimum Gasteiger partial charge on any atom is -0.441 e. The van der Waals surface area contributed by atoms with Crippen LogP contribution in [0.15, 0.2) is 46.7 Å². The standard InChI is InChI=1S/C12H8O2S2/c13-11-8-4-1-2-5-9(8)16-12(14-11)10-6-3-7-15-10/h1-7,12H/t12-/m1/s1. The number of ether oxygens (including phenoxy) is 1. The van der Waals surface area contributed by atoms with Crippen molar-refractivity contribution in [1.29, 1.82) is 0 Å². The highest BCUT2D eigenvalue weighted by Gasteiger charge is 2.28. The number of carbonyl (C=O) groups excluding carboxylic acids is 1. The van der Waals surface area contributed by atoms with Crippen LogP contribution in [-0.2, 0) is 4.74 Å². The summed E-state index contributed by atoms with van der Waals surface area (Å²) in [5.41, 5.74) is 0.475. The first-order valence-corrected chi connectivity index (χ1v) is 6.60. The Balaban J connectivity index is 1.98. The predicted molar refractivity (Wildman–Crippen MR) is 64.8 cm³/mol. The molecule has 1 aromatic heterocycles. The van der Waals surface area contributed by atoms with Gasteiger partial charge in [-0.05, 0) is 23.6 Å². The van der Waals surface area contributed by atoms with Crippen molar-refractivity contribution >= 4 is 29.1 Å². The molecule has 1 aromatic carbocycles. The molecule has 80 valence electrons. The Hall–Kier alpha value is -1.26.